The fraction of sp³-hybridized carbons (Fsp3) is 1.00. The third-order valence-corrected chi connectivity index (χ3v) is 3.68. The van der Waals surface area contributed by atoms with E-state index in [9.17, 15) is 0 Å². The number of azide groups is 1. The lowest BCUT2D eigenvalue weighted by atomic mass is 10.3. The zero-order chi connectivity index (χ0) is 9.52. The van der Waals surface area contributed by atoms with Gasteiger partial charge >= 0.3 is 0 Å². The van der Waals surface area contributed by atoms with E-state index in [1.165, 1.54) is 0 Å². The highest BCUT2D eigenvalue weighted by molar-refractivity contribution is 7.99. The largest absolute Gasteiger partial charge is 0.377 e. The lowest BCUT2D eigenvalue weighted by molar-refractivity contribution is 0.127. The highest BCUT2D eigenvalue weighted by Gasteiger charge is 2.23. The van der Waals surface area contributed by atoms with E-state index in [4.69, 9.17) is 10.3 Å². The van der Waals surface area contributed by atoms with E-state index in [1.54, 1.807) is 0 Å². The number of rotatable bonds is 5. The first-order valence-corrected chi connectivity index (χ1v) is 5.63. The Hall–Kier alpha value is -0.380. The number of hydrogen-bond donors (Lipinski definition) is 0. The predicted molar refractivity (Wildman–Crippen MR) is 54.9 cm³/mol. The molecule has 0 radical (unpaired) electrons. The first-order chi connectivity index (χ1) is 6.34. The number of thioether (sulfide) groups is 1. The van der Waals surface area contributed by atoms with Gasteiger partial charge in [-0.05, 0) is 31.0 Å². The molecule has 1 heterocycles. The molecule has 2 unspecified atom stereocenters. The summed E-state index contributed by atoms with van der Waals surface area (Å²) in [6, 6.07) is 0. The predicted octanol–water partition coefficient (Wildman–Crippen LogP) is 2.60. The van der Waals surface area contributed by atoms with Crippen molar-refractivity contribution in [2.24, 2.45) is 5.11 Å². The summed E-state index contributed by atoms with van der Waals surface area (Å²) in [7, 11) is 0. The molecule has 1 aliphatic rings. The molecule has 0 N–H and O–H groups in total. The molecule has 2 atom stereocenters. The first kappa shape index (κ1) is 10.7. The summed E-state index contributed by atoms with van der Waals surface area (Å²) < 4.78 is 5.44. The minimum Gasteiger partial charge on any atom is -0.377 e. The highest BCUT2D eigenvalue weighted by atomic mass is 32.2. The van der Waals surface area contributed by atoms with Crippen LogP contribution in [0.3, 0.4) is 0 Å². The molecule has 0 saturated carbocycles. The van der Waals surface area contributed by atoms with Gasteiger partial charge in [-0.15, -0.1) is 0 Å². The second-order valence-electron chi connectivity index (χ2n) is 3.08. The van der Waals surface area contributed by atoms with E-state index in [-0.39, 0.29) is 0 Å². The van der Waals surface area contributed by atoms with Crippen molar-refractivity contribution in [1.29, 1.82) is 0 Å². The topological polar surface area (TPSA) is 58.0 Å². The van der Waals surface area contributed by atoms with Crippen LogP contribution >= 0.6 is 11.8 Å². The third-order valence-electron chi connectivity index (χ3n) is 2.10. The Morgan fingerprint density at radius 2 is 2.54 bits per heavy atom. The standard InChI is InChI=1S/C8H15N3OS/c1-7-8(3-5-12-7)13-6-2-4-10-11-9/h7-8H,2-6H2,1H3. The molecule has 0 aromatic heterocycles. The Balaban J connectivity index is 2.02. The molecule has 1 rings (SSSR count). The summed E-state index contributed by atoms with van der Waals surface area (Å²) in [5.41, 5.74) is 8.05. The molecule has 0 amide bonds. The average Bonchev–Trinajstić information content (AvgIpc) is 2.52. The minimum absolute atomic E-state index is 0.393. The molecule has 1 aliphatic heterocycles. The Kier molecular flexibility index (Phi) is 5.05. The summed E-state index contributed by atoms with van der Waals surface area (Å²) >= 11 is 1.93. The quantitative estimate of drug-likeness (QED) is 0.297. The second-order valence-corrected chi connectivity index (χ2v) is 4.43. The zero-order valence-corrected chi connectivity index (χ0v) is 8.66. The Morgan fingerprint density at radius 1 is 1.69 bits per heavy atom. The number of nitrogens with zero attached hydrogens (tertiary/aromatic N) is 3. The van der Waals surface area contributed by atoms with Crippen molar-refractivity contribution in [2.75, 3.05) is 18.9 Å². The van der Waals surface area contributed by atoms with Gasteiger partial charge in [0, 0.05) is 23.3 Å². The van der Waals surface area contributed by atoms with Crippen LogP contribution < -0.4 is 0 Å². The summed E-state index contributed by atoms with van der Waals surface area (Å²) in [4.78, 5) is 2.71. The smallest absolute Gasteiger partial charge is 0.0666 e. The van der Waals surface area contributed by atoms with Crippen LogP contribution in [-0.2, 0) is 4.74 Å². The minimum atomic E-state index is 0.393. The van der Waals surface area contributed by atoms with Crippen molar-refractivity contribution in [2.45, 2.75) is 31.1 Å². The average molecular weight is 201 g/mol. The molecule has 4 nitrogen and oxygen atoms in total. The van der Waals surface area contributed by atoms with E-state index in [0.717, 1.165) is 25.2 Å². The molecular formula is C8H15N3OS. The van der Waals surface area contributed by atoms with Crippen LogP contribution in [0.4, 0.5) is 0 Å². The van der Waals surface area contributed by atoms with Gasteiger partial charge in [-0.2, -0.15) is 11.8 Å². The maximum Gasteiger partial charge on any atom is 0.0666 e. The van der Waals surface area contributed by atoms with Crippen molar-refractivity contribution in [3.63, 3.8) is 0 Å². The Morgan fingerprint density at radius 3 is 3.15 bits per heavy atom. The van der Waals surface area contributed by atoms with Crippen LogP contribution in [0.1, 0.15) is 19.8 Å². The van der Waals surface area contributed by atoms with Gasteiger partial charge in [0.25, 0.3) is 0 Å². The molecule has 1 fully saturated rings. The molecule has 0 bridgehead atoms. The Bertz CT molecular complexity index is 194. The fourth-order valence-electron chi connectivity index (χ4n) is 1.35. The normalized spacial score (nSPS) is 27.2. The molecule has 13 heavy (non-hydrogen) atoms. The first-order valence-electron chi connectivity index (χ1n) is 4.58. The van der Waals surface area contributed by atoms with Gasteiger partial charge in [-0.1, -0.05) is 5.11 Å². The van der Waals surface area contributed by atoms with Gasteiger partial charge in [-0.25, -0.2) is 0 Å². The molecule has 1 saturated heterocycles. The van der Waals surface area contributed by atoms with Crippen molar-refractivity contribution >= 4 is 11.8 Å². The summed E-state index contributed by atoms with van der Waals surface area (Å²) in [6.45, 7) is 3.64. The zero-order valence-electron chi connectivity index (χ0n) is 7.85. The van der Waals surface area contributed by atoms with E-state index in [1.807, 2.05) is 11.8 Å². The second kappa shape index (κ2) is 6.13. The van der Waals surface area contributed by atoms with Crippen LogP contribution in [0.15, 0.2) is 5.11 Å². The maximum atomic E-state index is 8.05. The molecule has 5 heteroatoms. The molecule has 74 valence electrons. The van der Waals surface area contributed by atoms with E-state index < -0.39 is 0 Å². The van der Waals surface area contributed by atoms with Gasteiger partial charge in [0.05, 0.1) is 6.10 Å². The molecule has 0 spiro atoms. The van der Waals surface area contributed by atoms with E-state index >= 15 is 0 Å². The van der Waals surface area contributed by atoms with Gasteiger partial charge in [-0.3, -0.25) is 0 Å². The van der Waals surface area contributed by atoms with Gasteiger partial charge in [0.2, 0.25) is 0 Å². The molecular weight excluding hydrogens is 186 g/mol. The van der Waals surface area contributed by atoms with Crippen molar-refractivity contribution in [3.8, 4) is 0 Å². The lowest BCUT2D eigenvalue weighted by Gasteiger charge is -2.12. The molecule has 0 aliphatic carbocycles. The van der Waals surface area contributed by atoms with Crippen LogP contribution in [-0.4, -0.2) is 30.3 Å². The van der Waals surface area contributed by atoms with Gasteiger partial charge in [0.1, 0.15) is 0 Å². The van der Waals surface area contributed by atoms with Crippen LogP contribution in [0.25, 0.3) is 10.4 Å². The summed E-state index contributed by atoms with van der Waals surface area (Å²) in [6.07, 6.45) is 2.52. The molecule has 0 aromatic carbocycles. The number of ether oxygens (including phenoxy) is 1. The molecule has 0 aromatic rings. The highest BCUT2D eigenvalue weighted by Crippen LogP contribution is 2.26. The summed E-state index contributed by atoms with van der Waals surface area (Å²) in [5, 5.41) is 4.14. The van der Waals surface area contributed by atoms with Crippen LogP contribution in [0.5, 0.6) is 0 Å². The van der Waals surface area contributed by atoms with Crippen LogP contribution in [0, 0.1) is 0 Å². The SMILES string of the molecule is CC1OCCC1SCCCN=[N+]=[N-]. The fourth-order valence-corrected chi connectivity index (χ4v) is 2.56. The Labute approximate surface area is 82.7 Å². The monoisotopic (exact) mass is 201 g/mol. The van der Waals surface area contributed by atoms with Gasteiger partial charge < -0.3 is 4.74 Å². The van der Waals surface area contributed by atoms with E-state index in [0.29, 0.717) is 17.9 Å². The van der Waals surface area contributed by atoms with Gasteiger partial charge in [0.15, 0.2) is 0 Å². The van der Waals surface area contributed by atoms with Crippen LogP contribution in [0.2, 0.25) is 0 Å². The maximum absolute atomic E-state index is 8.05. The summed E-state index contributed by atoms with van der Waals surface area (Å²) in [5.74, 6) is 1.07. The van der Waals surface area contributed by atoms with Crippen molar-refractivity contribution < 1.29 is 4.74 Å². The van der Waals surface area contributed by atoms with Crippen molar-refractivity contribution in [3.05, 3.63) is 10.4 Å². The lowest BCUT2D eigenvalue weighted by Crippen LogP contribution is -2.13. The van der Waals surface area contributed by atoms with Crippen molar-refractivity contribution in [1.82, 2.24) is 0 Å². The number of hydrogen-bond acceptors (Lipinski definition) is 3. The third kappa shape index (κ3) is 3.89. The van der Waals surface area contributed by atoms with E-state index in [2.05, 4.69) is 16.9 Å².